The molecule has 0 aliphatic carbocycles. The van der Waals surface area contributed by atoms with Crippen LogP contribution in [0.4, 0.5) is 0 Å². The van der Waals surface area contributed by atoms with Gasteiger partial charge in [-0.25, -0.2) is 4.68 Å². The van der Waals surface area contributed by atoms with E-state index in [1.165, 1.54) is 11.8 Å². The second kappa shape index (κ2) is 7.28. The van der Waals surface area contributed by atoms with Crippen LogP contribution < -0.4 is 5.56 Å². The molecule has 0 radical (unpaired) electrons. The summed E-state index contributed by atoms with van der Waals surface area (Å²) in [6.45, 7) is 0. The van der Waals surface area contributed by atoms with Crippen LogP contribution in [0.1, 0.15) is 0 Å². The molecule has 0 aliphatic rings. The Balaban J connectivity index is 1.86. The number of H-pyrrole nitrogens is 1. The molecule has 0 atom stereocenters. The summed E-state index contributed by atoms with van der Waals surface area (Å²) in [7, 11) is 0. The fourth-order valence-electron chi connectivity index (χ4n) is 2.70. The first-order valence-corrected chi connectivity index (χ1v) is 9.31. The number of rotatable bonds is 4. The van der Waals surface area contributed by atoms with E-state index in [9.17, 15) is 4.79 Å². The van der Waals surface area contributed by atoms with Gasteiger partial charge in [0.2, 0.25) is 0 Å². The minimum atomic E-state index is -0.0741. The quantitative estimate of drug-likeness (QED) is 0.499. The number of aromatic nitrogens is 2. The minimum absolute atomic E-state index is 0.0741. The molecule has 5 heteroatoms. The molecule has 4 rings (SSSR count). The Morgan fingerprint density at radius 3 is 2.08 bits per heavy atom. The van der Waals surface area contributed by atoms with Crippen LogP contribution in [0.3, 0.4) is 0 Å². The maximum absolute atomic E-state index is 13.1. The number of para-hydroxylation sites is 1. The van der Waals surface area contributed by atoms with Crippen LogP contribution in [0, 0.1) is 0 Å². The number of aromatic amines is 1. The molecule has 0 saturated heterocycles. The van der Waals surface area contributed by atoms with E-state index >= 15 is 0 Å². The Hall–Kier alpha value is -2.69. The van der Waals surface area contributed by atoms with Crippen molar-refractivity contribution in [2.75, 3.05) is 0 Å². The monoisotopic (exact) mass is 378 g/mol. The molecule has 0 aliphatic heterocycles. The van der Waals surface area contributed by atoms with E-state index in [0.29, 0.717) is 9.92 Å². The van der Waals surface area contributed by atoms with Gasteiger partial charge in [0.25, 0.3) is 5.56 Å². The van der Waals surface area contributed by atoms with Gasteiger partial charge in [-0.15, -0.1) is 0 Å². The fraction of sp³-hybridized carbons (Fsp3) is 0. The summed E-state index contributed by atoms with van der Waals surface area (Å²) in [4.78, 5) is 14.7. The lowest BCUT2D eigenvalue weighted by Gasteiger charge is -2.03. The summed E-state index contributed by atoms with van der Waals surface area (Å²) in [6, 6.07) is 26.9. The number of nitrogens with zero attached hydrogens (tertiary/aromatic N) is 1. The van der Waals surface area contributed by atoms with Crippen LogP contribution in [-0.2, 0) is 0 Å². The van der Waals surface area contributed by atoms with E-state index < -0.39 is 0 Å². The lowest BCUT2D eigenvalue weighted by atomic mass is 10.2. The molecule has 0 unspecified atom stereocenters. The first-order valence-electron chi connectivity index (χ1n) is 8.11. The molecule has 0 saturated carbocycles. The summed E-state index contributed by atoms with van der Waals surface area (Å²) in [5, 5.41) is 3.95. The Labute approximate surface area is 160 Å². The van der Waals surface area contributed by atoms with Crippen LogP contribution in [0.25, 0.3) is 16.9 Å². The van der Waals surface area contributed by atoms with Crippen molar-refractivity contribution in [2.24, 2.45) is 0 Å². The Morgan fingerprint density at radius 2 is 1.42 bits per heavy atom. The third kappa shape index (κ3) is 3.34. The SMILES string of the molecule is O=c1c(Sc2ccc(Cl)cc2)c(-c2ccccc2)[nH]n1-c1ccccc1. The van der Waals surface area contributed by atoms with Gasteiger partial charge in [-0.2, -0.15) is 0 Å². The molecule has 26 heavy (non-hydrogen) atoms. The molecule has 1 heterocycles. The maximum Gasteiger partial charge on any atom is 0.285 e. The zero-order chi connectivity index (χ0) is 17.9. The third-order valence-corrected chi connectivity index (χ3v) is 5.30. The molecule has 4 aromatic rings. The van der Waals surface area contributed by atoms with E-state index in [2.05, 4.69) is 5.10 Å². The van der Waals surface area contributed by atoms with E-state index in [4.69, 9.17) is 11.6 Å². The summed E-state index contributed by atoms with van der Waals surface area (Å²) in [5.41, 5.74) is 2.50. The lowest BCUT2D eigenvalue weighted by molar-refractivity contribution is 0.848. The van der Waals surface area contributed by atoms with E-state index in [1.54, 1.807) is 4.68 Å². The predicted molar refractivity (Wildman–Crippen MR) is 107 cm³/mol. The van der Waals surface area contributed by atoms with Crippen molar-refractivity contribution in [3.63, 3.8) is 0 Å². The van der Waals surface area contributed by atoms with Crippen molar-refractivity contribution in [2.45, 2.75) is 9.79 Å². The zero-order valence-electron chi connectivity index (χ0n) is 13.7. The van der Waals surface area contributed by atoms with Gasteiger partial charge in [-0.05, 0) is 36.4 Å². The van der Waals surface area contributed by atoms with E-state index in [0.717, 1.165) is 21.8 Å². The largest absolute Gasteiger partial charge is 0.289 e. The highest BCUT2D eigenvalue weighted by Crippen LogP contribution is 2.33. The van der Waals surface area contributed by atoms with Crippen molar-refractivity contribution in [3.05, 3.63) is 100 Å². The van der Waals surface area contributed by atoms with Crippen LogP contribution in [0.15, 0.2) is 99.5 Å². The van der Waals surface area contributed by atoms with E-state index in [1.807, 2.05) is 84.9 Å². The van der Waals surface area contributed by atoms with Gasteiger partial charge in [-0.3, -0.25) is 9.89 Å². The van der Waals surface area contributed by atoms with Gasteiger partial charge in [0, 0.05) is 15.5 Å². The van der Waals surface area contributed by atoms with Crippen molar-refractivity contribution in [1.29, 1.82) is 0 Å². The van der Waals surface area contributed by atoms with E-state index in [-0.39, 0.29) is 5.56 Å². The fourth-order valence-corrected chi connectivity index (χ4v) is 3.77. The van der Waals surface area contributed by atoms with Crippen molar-refractivity contribution >= 4 is 23.4 Å². The molecule has 3 nitrogen and oxygen atoms in total. The summed E-state index contributed by atoms with van der Waals surface area (Å²) in [5.74, 6) is 0. The standard InChI is InChI=1S/C21H15ClN2OS/c22-16-11-13-18(14-12-16)26-20-19(15-7-3-1-4-8-15)23-24(21(20)25)17-9-5-2-6-10-17/h1-14,23H. The van der Waals surface area contributed by atoms with Gasteiger partial charge >= 0.3 is 0 Å². The molecular weight excluding hydrogens is 364 g/mol. The summed E-state index contributed by atoms with van der Waals surface area (Å²) >= 11 is 7.41. The highest BCUT2D eigenvalue weighted by molar-refractivity contribution is 7.99. The third-order valence-electron chi connectivity index (χ3n) is 3.96. The maximum atomic E-state index is 13.1. The molecule has 3 aromatic carbocycles. The molecule has 1 aromatic heterocycles. The van der Waals surface area contributed by atoms with Gasteiger partial charge in [0.15, 0.2) is 0 Å². The summed E-state index contributed by atoms with van der Waals surface area (Å²) in [6.07, 6.45) is 0. The average molecular weight is 379 g/mol. The number of hydrogen-bond acceptors (Lipinski definition) is 2. The highest BCUT2D eigenvalue weighted by atomic mass is 35.5. The number of halogens is 1. The van der Waals surface area contributed by atoms with Crippen molar-refractivity contribution in [3.8, 4) is 16.9 Å². The zero-order valence-corrected chi connectivity index (χ0v) is 15.3. The molecular formula is C21H15ClN2OS. The van der Waals surface area contributed by atoms with Crippen LogP contribution in [-0.4, -0.2) is 9.78 Å². The highest BCUT2D eigenvalue weighted by Gasteiger charge is 2.18. The van der Waals surface area contributed by atoms with Gasteiger partial charge in [0.1, 0.15) is 4.90 Å². The van der Waals surface area contributed by atoms with Crippen molar-refractivity contribution < 1.29 is 0 Å². The molecule has 0 bridgehead atoms. The van der Waals surface area contributed by atoms with Gasteiger partial charge < -0.3 is 0 Å². The molecule has 0 amide bonds. The molecule has 1 N–H and O–H groups in total. The average Bonchev–Trinajstić information content (AvgIpc) is 3.01. The number of nitrogens with one attached hydrogen (secondary N) is 1. The van der Waals surface area contributed by atoms with Crippen LogP contribution in [0.2, 0.25) is 5.02 Å². The number of benzene rings is 3. The first-order chi connectivity index (χ1) is 12.7. The first kappa shape index (κ1) is 16.8. The minimum Gasteiger partial charge on any atom is -0.289 e. The second-order valence-corrected chi connectivity index (χ2v) is 7.23. The van der Waals surface area contributed by atoms with Crippen LogP contribution in [0.5, 0.6) is 0 Å². The predicted octanol–water partition coefficient (Wildman–Crippen LogP) is 5.64. The Kier molecular flexibility index (Phi) is 4.69. The molecule has 0 fully saturated rings. The topological polar surface area (TPSA) is 37.8 Å². The lowest BCUT2D eigenvalue weighted by Crippen LogP contribution is -2.15. The smallest absolute Gasteiger partial charge is 0.285 e. The molecule has 128 valence electrons. The van der Waals surface area contributed by atoms with Crippen molar-refractivity contribution in [1.82, 2.24) is 9.78 Å². The molecule has 0 spiro atoms. The van der Waals surface area contributed by atoms with Gasteiger partial charge in [0.05, 0.1) is 11.4 Å². The summed E-state index contributed by atoms with van der Waals surface area (Å²) < 4.78 is 1.58. The second-order valence-electron chi connectivity index (χ2n) is 5.71. The van der Waals surface area contributed by atoms with Gasteiger partial charge in [-0.1, -0.05) is 71.9 Å². The Bertz CT molecular complexity index is 1070. The normalized spacial score (nSPS) is 10.8. The number of hydrogen-bond donors (Lipinski definition) is 1. The Morgan fingerprint density at radius 1 is 0.808 bits per heavy atom. The van der Waals surface area contributed by atoms with Crippen LogP contribution >= 0.6 is 23.4 Å².